The van der Waals surface area contributed by atoms with Crippen LogP contribution in [0.15, 0.2) is 66.9 Å². The Hall–Kier alpha value is -3.21. The van der Waals surface area contributed by atoms with E-state index in [0.29, 0.717) is 18.2 Å². The molecule has 0 aliphatic heterocycles. The number of benzene rings is 2. The predicted octanol–water partition coefficient (Wildman–Crippen LogP) is 4.45. The molecule has 5 heteroatoms. The Labute approximate surface area is 160 Å². The summed E-state index contributed by atoms with van der Waals surface area (Å²) in [6, 6.07) is 19.7. The van der Waals surface area contributed by atoms with Crippen molar-refractivity contribution in [3.05, 3.63) is 83.7 Å². The molecule has 1 aromatic heterocycles. The molecule has 0 fully saturated rings. The van der Waals surface area contributed by atoms with Crippen LogP contribution < -0.4 is 10.2 Å². The predicted molar refractivity (Wildman–Crippen MR) is 109 cm³/mol. The number of amides is 1. The SMILES string of the molecule is Cc1cccc(NC(=O)c2ccnc(N(Cc3ccccc3)C(C)C)n2)c1. The van der Waals surface area contributed by atoms with Gasteiger partial charge in [-0.3, -0.25) is 4.79 Å². The van der Waals surface area contributed by atoms with Crippen molar-refractivity contribution < 1.29 is 4.79 Å². The van der Waals surface area contributed by atoms with Crippen LogP contribution in [0, 0.1) is 6.92 Å². The van der Waals surface area contributed by atoms with Gasteiger partial charge in [-0.15, -0.1) is 0 Å². The maximum atomic E-state index is 12.6. The lowest BCUT2D eigenvalue weighted by molar-refractivity contribution is 0.102. The van der Waals surface area contributed by atoms with Crippen LogP contribution in [0.25, 0.3) is 0 Å². The van der Waals surface area contributed by atoms with Crippen molar-refractivity contribution in [2.24, 2.45) is 0 Å². The Morgan fingerprint density at radius 2 is 1.85 bits per heavy atom. The summed E-state index contributed by atoms with van der Waals surface area (Å²) in [5.41, 5.74) is 3.36. The van der Waals surface area contributed by atoms with Gasteiger partial charge in [-0.2, -0.15) is 0 Å². The Balaban J connectivity index is 1.81. The lowest BCUT2D eigenvalue weighted by Gasteiger charge is -2.27. The Morgan fingerprint density at radius 3 is 2.56 bits per heavy atom. The van der Waals surface area contributed by atoms with E-state index in [0.717, 1.165) is 11.3 Å². The van der Waals surface area contributed by atoms with Crippen molar-refractivity contribution in [3.8, 4) is 0 Å². The minimum absolute atomic E-state index is 0.195. The summed E-state index contributed by atoms with van der Waals surface area (Å²) in [7, 11) is 0. The lowest BCUT2D eigenvalue weighted by Crippen LogP contribution is -2.32. The quantitative estimate of drug-likeness (QED) is 0.705. The van der Waals surface area contributed by atoms with Crippen LogP contribution in [0.1, 0.15) is 35.5 Å². The lowest BCUT2D eigenvalue weighted by atomic mass is 10.2. The zero-order chi connectivity index (χ0) is 19.2. The van der Waals surface area contributed by atoms with Gasteiger partial charge in [0.1, 0.15) is 5.69 Å². The zero-order valence-electron chi connectivity index (χ0n) is 15.9. The van der Waals surface area contributed by atoms with Crippen molar-refractivity contribution in [3.63, 3.8) is 0 Å². The van der Waals surface area contributed by atoms with E-state index in [-0.39, 0.29) is 11.9 Å². The molecular weight excluding hydrogens is 336 g/mol. The largest absolute Gasteiger partial charge is 0.334 e. The van der Waals surface area contributed by atoms with E-state index < -0.39 is 0 Å². The molecule has 3 aromatic rings. The first-order valence-electron chi connectivity index (χ1n) is 9.04. The second kappa shape index (κ2) is 8.45. The number of carbonyl (C=O) groups is 1. The molecule has 27 heavy (non-hydrogen) atoms. The Kier molecular flexibility index (Phi) is 5.81. The number of nitrogens with zero attached hydrogens (tertiary/aromatic N) is 3. The molecule has 0 spiro atoms. The molecule has 5 nitrogen and oxygen atoms in total. The maximum Gasteiger partial charge on any atom is 0.274 e. The minimum Gasteiger partial charge on any atom is -0.334 e. The van der Waals surface area contributed by atoms with Crippen LogP contribution in [-0.4, -0.2) is 21.9 Å². The Morgan fingerprint density at radius 1 is 1.07 bits per heavy atom. The molecule has 0 atom stereocenters. The van der Waals surface area contributed by atoms with E-state index in [9.17, 15) is 4.79 Å². The minimum atomic E-state index is -0.243. The van der Waals surface area contributed by atoms with Crippen LogP contribution in [0.2, 0.25) is 0 Å². The second-order valence-corrected chi connectivity index (χ2v) is 6.77. The molecule has 0 radical (unpaired) electrons. The normalized spacial score (nSPS) is 10.7. The fourth-order valence-electron chi connectivity index (χ4n) is 2.80. The van der Waals surface area contributed by atoms with Crippen molar-refractivity contribution in [2.45, 2.75) is 33.4 Å². The number of hydrogen-bond acceptors (Lipinski definition) is 4. The summed E-state index contributed by atoms with van der Waals surface area (Å²) in [6.07, 6.45) is 1.63. The molecule has 1 N–H and O–H groups in total. The number of anilines is 2. The molecule has 138 valence electrons. The molecule has 1 heterocycles. The van der Waals surface area contributed by atoms with Crippen LogP contribution in [0.5, 0.6) is 0 Å². The van der Waals surface area contributed by atoms with Gasteiger partial charge in [0.15, 0.2) is 0 Å². The van der Waals surface area contributed by atoms with Gasteiger partial charge in [-0.05, 0) is 50.1 Å². The topological polar surface area (TPSA) is 58.1 Å². The average molecular weight is 360 g/mol. The van der Waals surface area contributed by atoms with Crippen molar-refractivity contribution in [1.29, 1.82) is 0 Å². The zero-order valence-corrected chi connectivity index (χ0v) is 15.9. The number of hydrogen-bond donors (Lipinski definition) is 1. The molecule has 2 aromatic carbocycles. The molecule has 1 amide bonds. The van der Waals surface area contributed by atoms with E-state index in [1.807, 2.05) is 49.4 Å². The molecule has 0 aliphatic rings. The smallest absolute Gasteiger partial charge is 0.274 e. The third-order valence-corrected chi connectivity index (χ3v) is 4.23. The highest BCUT2D eigenvalue weighted by atomic mass is 16.1. The first-order valence-corrected chi connectivity index (χ1v) is 9.04. The highest BCUT2D eigenvalue weighted by molar-refractivity contribution is 6.03. The van der Waals surface area contributed by atoms with Crippen molar-refractivity contribution >= 4 is 17.5 Å². The molecule has 3 rings (SSSR count). The Bertz CT molecular complexity index is 909. The van der Waals surface area contributed by atoms with E-state index >= 15 is 0 Å². The van der Waals surface area contributed by atoms with Crippen molar-refractivity contribution in [2.75, 3.05) is 10.2 Å². The summed E-state index contributed by atoms with van der Waals surface area (Å²) in [4.78, 5) is 23.6. The van der Waals surface area contributed by atoms with Crippen LogP contribution >= 0.6 is 0 Å². The third kappa shape index (κ3) is 4.91. The third-order valence-electron chi connectivity index (χ3n) is 4.23. The molecule has 0 aliphatic carbocycles. The summed E-state index contributed by atoms with van der Waals surface area (Å²) in [5, 5.41) is 2.90. The fourth-order valence-corrected chi connectivity index (χ4v) is 2.80. The first kappa shape index (κ1) is 18.6. The number of aromatic nitrogens is 2. The molecule has 0 saturated carbocycles. The summed E-state index contributed by atoms with van der Waals surface area (Å²) >= 11 is 0. The average Bonchev–Trinajstić information content (AvgIpc) is 2.67. The number of aryl methyl sites for hydroxylation is 1. The number of rotatable bonds is 6. The second-order valence-electron chi connectivity index (χ2n) is 6.77. The molecule has 0 saturated heterocycles. The number of nitrogens with one attached hydrogen (secondary N) is 1. The first-order chi connectivity index (χ1) is 13.0. The van der Waals surface area contributed by atoms with Gasteiger partial charge in [-0.1, -0.05) is 42.5 Å². The standard InChI is InChI=1S/C22H24N4O/c1-16(2)26(15-18-9-5-4-6-10-18)22-23-13-12-20(25-22)21(27)24-19-11-7-8-17(3)14-19/h4-14,16H,15H2,1-3H3,(H,24,27). The van der Waals surface area contributed by atoms with Gasteiger partial charge in [0.2, 0.25) is 5.95 Å². The highest BCUT2D eigenvalue weighted by Gasteiger charge is 2.17. The molecule has 0 bridgehead atoms. The maximum absolute atomic E-state index is 12.6. The summed E-state index contributed by atoms with van der Waals surface area (Å²) < 4.78 is 0. The van der Waals surface area contributed by atoms with E-state index in [4.69, 9.17) is 0 Å². The van der Waals surface area contributed by atoms with Crippen LogP contribution in [0.4, 0.5) is 11.6 Å². The van der Waals surface area contributed by atoms with Crippen LogP contribution in [-0.2, 0) is 6.54 Å². The van der Waals surface area contributed by atoms with Gasteiger partial charge >= 0.3 is 0 Å². The van der Waals surface area contributed by atoms with Crippen LogP contribution in [0.3, 0.4) is 0 Å². The van der Waals surface area contributed by atoms with Gasteiger partial charge in [0.25, 0.3) is 5.91 Å². The monoisotopic (exact) mass is 360 g/mol. The van der Waals surface area contributed by atoms with Gasteiger partial charge in [-0.25, -0.2) is 9.97 Å². The molecule has 0 unspecified atom stereocenters. The number of carbonyl (C=O) groups excluding carboxylic acids is 1. The molecular formula is C22H24N4O. The van der Waals surface area contributed by atoms with Crippen molar-refractivity contribution in [1.82, 2.24) is 9.97 Å². The highest BCUT2D eigenvalue weighted by Crippen LogP contribution is 2.17. The fraction of sp³-hybridized carbons (Fsp3) is 0.227. The van der Waals surface area contributed by atoms with E-state index in [2.05, 4.69) is 46.2 Å². The van der Waals surface area contributed by atoms with E-state index in [1.165, 1.54) is 5.56 Å². The van der Waals surface area contributed by atoms with Gasteiger partial charge < -0.3 is 10.2 Å². The van der Waals surface area contributed by atoms with Gasteiger partial charge in [0.05, 0.1) is 0 Å². The summed E-state index contributed by atoms with van der Waals surface area (Å²) in [5.74, 6) is 0.304. The van der Waals surface area contributed by atoms with Gasteiger partial charge in [0, 0.05) is 24.5 Å². The van der Waals surface area contributed by atoms with E-state index in [1.54, 1.807) is 12.3 Å². The summed E-state index contributed by atoms with van der Waals surface area (Å²) in [6.45, 7) is 6.85.